The van der Waals surface area contributed by atoms with Gasteiger partial charge in [-0.1, -0.05) is 29.3 Å². The molecule has 7 heteroatoms. The molecule has 23 heavy (non-hydrogen) atoms. The number of aromatic nitrogens is 2. The molecule has 1 N–H and O–H groups in total. The summed E-state index contributed by atoms with van der Waals surface area (Å²) in [6.07, 6.45) is 1.36. The van der Waals surface area contributed by atoms with Gasteiger partial charge in [-0.3, -0.25) is 4.79 Å². The van der Waals surface area contributed by atoms with Gasteiger partial charge in [0.2, 0.25) is 0 Å². The number of hydrogen-bond acceptors (Lipinski definition) is 3. The molecule has 0 aliphatic heterocycles. The molecular formula is C16H11Cl2FN2OS. The van der Waals surface area contributed by atoms with Crippen LogP contribution in [0, 0.1) is 19.7 Å². The highest BCUT2D eigenvalue weighted by atomic mass is 35.5. The number of benzene rings is 1. The number of nitrogens with one attached hydrogen (secondary N) is 1. The minimum Gasteiger partial charge on any atom is -0.305 e. The lowest BCUT2D eigenvalue weighted by atomic mass is 10.2. The van der Waals surface area contributed by atoms with E-state index in [0.29, 0.717) is 10.2 Å². The van der Waals surface area contributed by atoms with E-state index < -0.39 is 5.82 Å². The zero-order chi connectivity index (χ0) is 16.7. The van der Waals surface area contributed by atoms with Crippen LogP contribution in [0.3, 0.4) is 0 Å². The summed E-state index contributed by atoms with van der Waals surface area (Å²) in [6.45, 7) is 3.80. The normalized spacial score (nSPS) is 12.1. The van der Waals surface area contributed by atoms with Crippen molar-refractivity contribution in [3.8, 4) is 0 Å². The topological polar surface area (TPSA) is 45.8 Å². The molecule has 2 heterocycles. The first kappa shape index (κ1) is 16.2. The molecular weight excluding hydrogens is 358 g/mol. The molecule has 0 saturated heterocycles. The van der Waals surface area contributed by atoms with Crippen LogP contribution in [0.25, 0.3) is 21.3 Å². The molecule has 3 rings (SSSR count). The minimum atomic E-state index is -0.498. The second kappa shape index (κ2) is 6.07. The van der Waals surface area contributed by atoms with Gasteiger partial charge in [0.1, 0.15) is 10.6 Å². The number of aryl methyl sites for hydroxylation is 2. The molecule has 0 bridgehead atoms. The summed E-state index contributed by atoms with van der Waals surface area (Å²) in [7, 11) is 0. The Bertz CT molecular complexity index is 987. The van der Waals surface area contributed by atoms with Gasteiger partial charge >= 0.3 is 0 Å². The van der Waals surface area contributed by atoms with E-state index in [2.05, 4.69) is 9.97 Å². The Morgan fingerprint density at radius 1 is 1.39 bits per heavy atom. The van der Waals surface area contributed by atoms with Gasteiger partial charge in [-0.25, -0.2) is 9.37 Å². The smallest absolute Gasteiger partial charge is 0.260 e. The highest BCUT2D eigenvalue weighted by Gasteiger charge is 2.14. The van der Waals surface area contributed by atoms with Crippen molar-refractivity contribution in [3.05, 3.63) is 61.2 Å². The van der Waals surface area contributed by atoms with Crippen molar-refractivity contribution in [3.63, 3.8) is 0 Å². The maximum Gasteiger partial charge on any atom is 0.260 e. The van der Waals surface area contributed by atoms with Crippen LogP contribution in [0.4, 0.5) is 4.39 Å². The van der Waals surface area contributed by atoms with Crippen LogP contribution in [-0.4, -0.2) is 9.97 Å². The molecule has 3 nitrogen and oxygen atoms in total. The third-order valence-electron chi connectivity index (χ3n) is 3.54. The molecule has 0 atom stereocenters. The van der Waals surface area contributed by atoms with Crippen LogP contribution < -0.4 is 5.56 Å². The summed E-state index contributed by atoms with van der Waals surface area (Å²) in [5.41, 5.74) is 0.793. The van der Waals surface area contributed by atoms with E-state index in [0.717, 1.165) is 10.4 Å². The van der Waals surface area contributed by atoms with Crippen LogP contribution in [0.1, 0.15) is 21.8 Å². The fourth-order valence-corrected chi connectivity index (χ4v) is 3.66. The van der Waals surface area contributed by atoms with Crippen LogP contribution in [-0.2, 0) is 0 Å². The Morgan fingerprint density at radius 2 is 2.13 bits per heavy atom. The van der Waals surface area contributed by atoms with Crippen molar-refractivity contribution >= 4 is 55.9 Å². The lowest BCUT2D eigenvalue weighted by Crippen LogP contribution is -2.10. The number of halogens is 3. The third-order valence-corrected chi connectivity index (χ3v) is 5.25. The van der Waals surface area contributed by atoms with Gasteiger partial charge in [-0.05, 0) is 37.6 Å². The van der Waals surface area contributed by atoms with E-state index in [1.807, 2.05) is 13.8 Å². The molecule has 2 aromatic heterocycles. The molecule has 3 aromatic rings. The molecule has 0 spiro atoms. The Morgan fingerprint density at radius 3 is 2.83 bits per heavy atom. The number of aromatic amines is 1. The van der Waals surface area contributed by atoms with Crippen LogP contribution in [0.2, 0.25) is 5.02 Å². The number of nitrogens with zero attached hydrogens (tertiary/aromatic N) is 1. The van der Waals surface area contributed by atoms with Crippen LogP contribution >= 0.6 is 34.5 Å². The molecule has 0 amide bonds. The van der Waals surface area contributed by atoms with Crippen molar-refractivity contribution in [2.75, 3.05) is 0 Å². The SMILES string of the molecule is Cc1sc2nc(C(Cl)=Cc3c(F)cccc3Cl)[nH]c(=O)c2c1C. The Balaban J connectivity index is 2.17. The molecule has 1 aromatic carbocycles. The summed E-state index contributed by atoms with van der Waals surface area (Å²) in [5, 5.41) is 0.902. The molecule has 0 unspecified atom stereocenters. The average molecular weight is 369 g/mol. The first-order valence-corrected chi connectivity index (χ1v) is 8.27. The summed E-state index contributed by atoms with van der Waals surface area (Å²) < 4.78 is 13.8. The van der Waals surface area contributed by atoms with Gasteiger partial charge in [-0.15, -0.1) is 11.3 Å². The predicted molar refractivity (Wildman–Crippen MR) is 94.8 cm³/mol. The zero-order valence-electron chi connectivity index (χ0n) is 12.2. The van der Waals surface area contributed by atoms with E-state index in [1.165, 1.54) is 29.5 Å². The van der Waals surface area contributed by atoms with Gasteiger partial charge in [0, 0.05) is 10.4 Å². The van der Waals surface area contributed by atoms with E-state index in [4.69, 9.17) is 23.2 Å². The van der Waals surface area contributed by atoms with E-state index in [1.54, 1.807) is 6.07 Å². The molecule has 0 fully saturated rings. The number of thiophene rings is 1. The second-order valence-electron chi connectivity index (χ2n) is 5.01. The third kappa shape index (κ3) is 2.92. The first-order valence-electron chi connectivity index (χ1n) is 6.70. The zero-order valence-corrected chi connectivity index (χ0v) is 14.5. The van der Waals surface area contributed by atoms with Crippen molar-refractivity contribution < 1.29 is 4.39 Å². The Labute approximate surface area is 145 Å². The quantitative estimate of drug-likeness (QED) is 0.681. The number of hydrogen-bond donors (Lipinski definition) is 1. The highest BCUT2D eigenvalue weighted by Crippen LogP contribution is 2.29. The number of H-pyrrole nitrogens is 1. The molecule has 0 saturated carbocycles. The fraction of sp³-hybridized carbons (Fsp3) is 0.125. The summed E-state index contributed by atoms with van der Waals surface area (Å²) >= 11 is 13.6. The highest BCUT2D eigenvalue weighted by molar-refractivity contribution is 7.18. The van der Waals surface area contributed by atoms with Crippen molar-refractivity contribution in [2.24, 2.45) is 0 Å². The van der Waals surface area contributed by atoms with E-state index in [-0.39, 0.29) is 27.0 Å². The molecule has 0 aliphatic carbocycles. The Kier molecular flexibility index (Phi) is 4.27. The maximum atomic E-state index is 13.8. The van der Waals surface area contributed by atoms with Crippen LogP contribution in [0.5, 0.6) is 0 Å². The summed E-state index contributed by atoms with van der Waals surface area (Å²) in [5.74, 6) is -0.313. The fourth-order valence-electron chi connectivity index (χ4n) is 2.21. The van der Waals surface area contributed by atoms with Crippen molar-refractivity contribution in [1.82, 2.24) is 9.97 Å². The summed E-state index contributed by atoms with van der Waals surface area (Å²) in [4.78, 5) is 20.9. The predicted octanol–water partition coefficient (Wildman–Crippen LogP) is 5.13. The van der Waals surface area contributed by atoms with Gasteiger partial charge < -0.3 is 4.98 Å². The summed E-state index contributed by atoms with van der Waals surface area (Å²) in [6, 6.07) is 4.35. The van der Waals surface area contributed by atoms with Gasteiger partial charge in [0.25, 0.3) is 5.56 Å². The molecule has 0 aliphatic rings. The van der Waals surface area contributed by atoms with Crippen molar-refractivity contribution in [2.45, 2.75) is 13.8 Å². The van der Waals surface area contributed by atoms with Gasteiger partial charge in [-0.2, -0.15) is 0 Å². The first-order chi connectivity index (χ1) is 10.9. The van der Waals surface area contributed by atoms with E-state index >= 15 is 0 Å². The standard InChI is InChI=1S/C16H11Cl2FN2OS/c1-7-8(2)23-16-13(7)15(22)20-14(21-16)11(18)6-9-10(17)4-3-5-12(9)19/h3-6H,1-2H3,(H,20,21,22). The van der Waals surface area contributed by atoms with Gasteiger partial charge in [0.05, 0.1) is 15.4 Å². The molecule has 0 radical (unpaired) electrons. The lowest BCUT2D eigenvalue weighted by Gasteiger charge is -2.03. The van der Waals surface area contributed by atoms with Crippen molar-refractivity contribution in [1.29, 1.82) is 0 Å². The monoisotopic (exact) mass is 368 g/mol. The number of rotatable bonds is 2. The maximum absolute atomic E-state index is 13.8. The lowest BCUT2D eigenvalue weighted by molar-refractivity contribution is 0.625. The van der Waals surface area contributed by atoms with Crippen LogP contribution in [0.15, 0.2) is 23.0 Å². The van der Waals surface area contributed by atoms with E-state index in [9.17, 15) is 9.18 Å². The average Bonchev–Trinajstić information content (AvgIpc) is 2.78. The largest absolute Gasteiger partial charge is 0.305 e. The van der Waals surface area contributed by atoms with Gasteiger partial charge in [0.15, 0.2) is 5.82 Å². The Hall–Kier alpha value is -1.69. The second-order valence-corrected chi connectivity index (χ2v) is 7.02. The minimum absolute atomic E-state index is 0.111. The molecule has 118 valence electrons. The number of fused-ring (bicyclic) bond motifs is 1.